The van der Waals surface area contributed by atoms with Crippen molar-refractivity contribution in [2.45, 2.75) is 25.9 Å². The van der Waals surface area contributed by atoms with Gasteiger partial charge in [0.1, 0.15) is 5.82 Å². The minimum Gasteiger partial charge on any atom is -0.340 e. The van der Waals surface area contributed by atoms with Crippen LogP contribution in [0.5, 0.6) is 0 Å². The highest BCUT2D eigenvalue weighted by Gasteiger charge is 2.27. The number of thiophene rings is 1. The first kappa shape index (κ1) is 17.4. The lowest BCUT2D eigenvalue weighted by atomic mass is 10.0. The van der Waals surface area contributed by atoms with Crippen molar-refractivity contribution in [1.82, 2.24) is 9.80 Å². The van der Waals surface area contributed by atoms with Crippen LogP contribution in [0.3, 0.4) is 0 Å². The quantitative estimate of drug-likeness (QED) is 0.812. The molecule has 0 spiro atoms. The van der Waals surface area contributed by atoms with E-state index < -0.39 is 0 Å². The summed E-state index contributed by atoms with van der Waals surface area (Å²) in [4.78, 5) is 17.7. The van der Waals surface area contributed by atoms with Crippen molar-refractivity contribution >= 4 is 28.8 Å². The second-order valence-electron chi connectivity index (χ2n) is 6.15. The Morgan fingerprint density at radius 2 is 2.25 bits per heavy atom. The van der Waals surface area contributed by atoms with Crippen molar-refractivity contribution in [3.8, 4) is 0 Å². The van der Waals surface area contributed by atoms with Gasteiger partial charge in [-0.3, -0.25) is 9.69 Å². The van der Waals surface area contributed by atoms with E-state index in [-0.39, 0.29) is 24.3 Å². The fourth-order valence-corrected chi connectivity index (χ4v) is 4.27. The zero-order chi connectivity index (χ0) is 17.3. The normalized spacial score (nSPS) is 17.6. The van der Waals surface area contributed by atoms with E-state index in [9.17, 15) is 9.18 Å². The molecule has 2 aromatic rings. The highest BCUT2D eigenvalue weighted by Crippen LogP contribution is 2.32. The van der Waals surface area contributed by atoms with Crippen molar-refractivity contribution in [1.29, 1.82) is 0 Å². The molecular formula is C18H20ClFN2OS. The highest BCUT2D eigenvalue weighted by molar-refractivity contribution is 7.10. The fourth-order valence-electron chi connectivity index (χ4n) is 3.08. The second-order valence-corrected chi connectivity index (χ2v) is 7.55. The van der Waals surface area contributed by atoms with Crippen LogP contribution in [0.15, 0.2) is 29.6 Å². The Kier molecular flexibility index (Phi) is 5.23. The molecule has 1 amide bonds. The maximum atomic E-state index is 13.9. The lowest BCUT2D eigenvalue weighted by molar-refractivity contribution is -0.132. The zero-order valence-corrected chi connectivity index (χ0v) is 15.3. The van der Waals surface area contributed by atoms with Gasteiger partial charge in [0.05, 0.1) is 6.54 Å². The molecule has 24 heavy (non-hydrogen) atoms. The van der Waals surface area contributed by atoms with Crippen LogP contribution in [0.2, 0.25) is 5.02 Å². The van der Waals surface area contributed by atoms with Crippen molar-refractivity contribution in [3.63, 3.8) is 0 Å². The average molecular weight is 367 g/mol. The van der Waals surface area contributed by atoms with Gasteiger partial charge in [0.2, 0.25) is 5.91 Å². The lowest BCUT2D eigenvalue weighted by Gasteiger charge is -2.34. The van der Waals surface area contributed by atoms with Crippen LogP contribution < -0.4 is 0 Å². The van der Waals surface area contributed by atoms with E-state index >= 15 is 0 Å². The Morgan fingerprint density at radius 3 is 3.00 bits per heavy atom. The summed E-state index contributed by atoms with van der Waals surface area (Å²) in [5.74, 6) is -0.406. The Bertz CT molecular complexity index is 728. The topological polar surface area (TPSA) is 23.6 Å². The standard InChI is InChI=1S/C18H20ClFN2OS/c1-12-13-7-9-24-17(13)6-8-22(12)11-18(23)21(2)10-14-15(19)4-3-5-16(14)20/h3-5,7,9,12H,6,8,10-11H2,1-2H3/t12-/m0/s1. The van der Waals surface area contributed by atoms with Gasteiger partial charge in [-0.2, -0.15) is 0 Å². The number of fused-ring (bicyclic) bond motifs is 1. The number of nitrogens with zero attached hydrogens (tertiary/aromatic N) is 2. The van der Waals surface area contributed by atoms with Crippen molar-refractivity contribution < 1.29 is 9.18 Å². The molecule has 0 saturated heterocycles. The molecule has 0 radical (unpaired) electrons. The number of hydrogen-bond donors (Lipinski definition) is 0. The van der Waals surface area contributed by atoms with Crippen LogP contribution in [0, 0.1) is 5.82 Å². The lowest BCUT2D eigenvalue weighted by Crippen LogP contribution is -2.42. The Labute approximate surface area is 150 Å². The zero-order valence-electron chi connectivity index (χ0n) is 13.8. The van der Waals surface area contributed by atoms with Gasteiger partial charge in [-0.25, -0.2) is 4.39 Å². The van der Waals surface area contributed by atoms with Crippen LogP contribution in [-0.2, 0) is 17.8 Å². The third-order valence-corrected chi connectivity index (χ3v) is 5.98. The largest absolute Gasteiger partial charge is 0.340 e. The van der Waals surface area contributed by atoms with Crippen LogP contribution >= 0.6 is 22.9 Å². The van der Waals surface area contributed by atoms with Crippen molar-refractivity contribution in [3.05, 3.63) is 56.5 Å². The van der Waals surface area contributed by atoms with Gasteiger partial charge < -0.3 is 4.90 Å². The predicted molar refractivity (Wildman–Crippen MR) is 95.9 cm³/mol. The number of amides is 1. The van der Waals surface area contributed by atoms with E-state index in [1.54, 1.807) is 35.4 Å². The van der Waals surface area contributed by atoms with Crippen LogP contribution in [0.25, 0.3) is 0 Å². The molecule has 1 aliphatic rings. The first-order valence-electron chi connectivity index (χ1n) is 7.94. The molecule has 1 aliphatic heterocycles. The van der Waals surface area contributed by atoms with E-state index in [1.807, 2.05) is 0 Å². The molecule has 3 nitrogen and oxygen atoms in total. The van der Waals surface area contributed by atoms with E-state index in [1.165, 1.54) is 16.5 Å². The fraction of sp³-hybridized carbons (Fsp3) is 0.389. The monoisotopic (exact) mass is 366 g/mol. The van der Waals surface area contributed by atoms with Gasteiger partial charge in [-0.15, -0.1) is 11.3 Å². The SMILES string of the molecule is C[C@H]1c2ccsc2CCN1CC(=O)N(C)Cc1c(F)cccc1Cl. The van der Waals surface area contributed by atoms with E-state index in [0.29, 0.717) is 17.1 Å². The number of likely N-dealkylation sites (N-methyl/N-ethyl adjacent to an activating group) is 1. The number of carbonyl (C=O) groups is 1. The summed E-state index contributed by atoms with van der Waals surface area (Å²) in [7, 11) is 1.69. The molecule has 0 saturated carbocycles. The average Bonchev–Trinajstić information content (AvgIpc) is 3.03. The van der Waals surface area contributed by atoms with E-state index in [4.69, 9.17) is 11.6 Å². The first-order chi connectivity index (χ1) is 11.5. The molecule has 0 bridgehead atoms. The van der Waals surface area contributed by atoms with Crippen LogP contribution in [0.1, 0.15) is 29.0 Å². The highest BCUT2D eigenvalue weighted by atomic mass is 35.5. The maximum absolute atomic E-state index is 13.9. The number of halogens is 2. The predicted octanol–water partition coefficient (Wildman–Crippen LogP) is 4.12. The minimum absolute atomic E-state index is 0.0279. The molecule has 0 fully saturated rings. The third kappa shape index (κ3) is 3.48. The number of rotatable bonds is 4. The van der Waals surface area contributed by atoms with Gasteiger partial charge in [0.25, 0.3) is 0 Å². The molecule has 1 aromatic carbocycles. The second kappa shape index (κ2) is 7.21. The Morgan fingerprint density at radius 1 is 1.46 bits per heavy atom. The van der Waals surface area contributed by atoms with Gasteiger partial charge in [0.15, 0.2) is 0 Å². The molecule has 3 rings (SSSR count). The minimum atomic E-state index is -0.378. The van der Waals surface area contributed by atoms with Gasteiger partial charge in [0, 0.05) is 41.6 Å². The van der Waals surface area contributed by atoms with Crippen molar-refractivity contribution in [2.75, 3.05) is 20.1 Å². The molecule has 1 atom stereocenters. The van der Waals surface area contributed by atoms with Crippen LogP contribution in [0.4, 0.5) is 4.39 Å². The van der Waals surface area contributed by atoms with Crippen LogP contribution in [-0.4, -0.2) is 35.8 Å². The molecule has 0 N–H and O–H groups in total. The molecule has 6 heteroatoms. The van der Waals surface area contributed by atoms with E-state index in [2.05, 4.69) is 23.3 Å². The number of carbonyl (C=O) groups excluding carboxylic acids is 1. The summed E-state index contributed by atoms with van der Waals surface area (Å²) in [6.45, 7) is 3.51. The molecule has 2 heterocycles. The van der Waals surface area contributed by atoms with E-state index in [0.717, 1.165) is 13.0 Å². The number of benzene rings is 1. The Balaban J connectivity index is 1.65. The smallest absolute Gasteiger partial charge is 0.236 e. The molecule has 0 unspecified atom stereocenters. The van der Waals surface area contributed by atoms with Gasteiger partial charge in [-0.05, 0) is 42.5 Å². The Hall–Kier alpha value is -1.43. The van der Waals surface area contributed by atoms with Gasteiger partial charge in [-0.1, -0.05) is 17.7 Å². The third-order valence-electron chi connectivity index (χ3n) is 4.62. The first-order valence-corrected chi connectivity index (χ1v) is 9.20. The molecule has 128 valence electrons. The summed E-state index contributed by atoms with van der Waals surface area (Å²) in [5, 5.41) is 2.46. The van der Waals surface area contributed by atoms with Gasteiger partial charge >= 0.3 is 0 Å². The number of hydrogen-bond acceptors (Lipinski definition) is 3. The maximum Gasteiger partial charge on any atom is 0.236 e. The summed E-state index contributed by atoms with van der Waals surface area (Å²) in [6.07, 6.45) is 0.980. The molecular weight excluding hydrogens is 347 g/mol. The summed E-state index contributed by atoms with van der Waals surface area (Å²) in [5.41, 5.74) is 1.68. The molecule has 1 aromatic heterocycles. The van der Waals surface area contributed by atoms with Crippen molar-refractivity contribution in [2.24, 2.45) is 0 Å². The summed E-state index contributed by atoms with van der Waals surface area (Å²) >= 11 is 7.83. The summed E-state index contributed by atoms with van der Waals surface area (Å²) < 4.78 is 13.9. The molecule has 0 aliphatic carbocycles. The summed E-state index contributed by atoms with van der Waals surface area (Å²) in [6, 6.07) is 6.95.